The number of nitrogens with zero attached hydrogens (tertiary/aromatic N) is 4. The Hall–Kier alpha value is -3.47. The van der Waals surface area contributed by atoms with Crippen molar-refractivity contribution in [3.63, 3.8) is 0 Å². The number of nitrogens with one attached hydrogen (secondary N) is 1. The maximum Gasteiger partial charge on any atom is 0.137 e. The second-order valence-electron chi connectivity index (χ2n) is 7.73. The Balaban J connectivity index is 1.41. The van der Waals surface area contributed by atoms with E-state index in [1.165, 1.54) is 22.2 Å². The number of H-pyrrole nitrogens is 1. The van der Waals surface area contributed by atoms with Crippen LogP contribution in [-0.4, -0.2) is 26.0 Å². The highest BCUT2D eigenvalue weighted by Gasteiger charge is 2.15. The van der Waals surface area contributed by atoms with Gasteiger partial charge in [-0.15, -0.1) is 10.2 Å². The lowest BCUT2D eigenvalue weighted by Gasteiger charge is -2.11. The van der Waals surface area contributed by atoms with Gasteiger partial charge in [0.25, 0.3) is 0 Å². The predicted octanol–water partition coefficient (Wildman–Crippen LogP) is 5.08. The van der Waals surface area contributed by atoms with Gasteiger partial charge in [0.1, 0.15) is 11.6 Å². The number of aromatic amines is 1. The van der Waals surface area contributed by atoms with E-state index in [0.717, 1.165) is 55.8 Å². The molecule has 0 bridgehead atoms. The minimum absolute atomic E-state index is 0.770. The SMILES string of the molecule is C1=NC(CCCn2c(Cc3ccccc3)nnc2Cc2c[nH]c3ccccc23)=CC1. The summed E-state index contributed by atoms with van der Waals surface area (Å²) in [7, 11) is 0. The first-order valence-corrected chi connectivity index (χ1v) is 10.6. The highest BCUT2D eigenvalue weighted by Crippen LogP contribution is 2.22. The monoisotopic (exact) mass is 395 g/mol. The van der Waals surface area contributed by atoms with Gasteiger partial charge in [-0.05, 0) is 30.0 Å². The van der Waals surface area contributed by atoms with Crippen molar-refractivity contribution in [1.29, 1.82) is 0 Å². The van der Waals surface area contributed by atoms with Crippen LogP contribution in [0.2, 0.25) is 0 Å². The number of hydrogen-bond acceptors (Lipinski definition) is 3. The molecule has 1 N–H and O–H groups in total. The summed E-state index contributed by atoms with van der Waals surface area (Å²) >= 11 is 0. The zero-order valence-electron chi connectivity index (χ0n) is 17.0. The van der Waals surface area contributed by atoms with Crippen molar-refractivity contribution in [3.05, 3.63) is 95.3 Å². The number of para-hydroxylation sites is 1. The Morgan fingerprint density at radius 2 is 1.70 bits per heavy atom. The topological polar surface area (TPSA) is 58.9 Å². The number of hydrogen-bond donors (Lipinski definition) is 1. The molecule has 30 heavy (non-hydrogen) atoms. The number of allylic oxidation sites excluding steroid dienone is 2. The van der Waals surface area contributed by atoms with E-state index >= 15 is 0 Å². The molecule has 5 nitrogen and oxygen atoms in total. The molecule has 3 heterocycles. The molecule has 2 aromatic carbocycles. The van der Waals surface area contributed by atoms with Crippen LogP contribution in [-0.2, 0) is 19.4 Å². The fraction of sp³-hybridized carbons (Fsp3) is 0.240. The average molecular weight is 396 g/mol. The Labute approximate surface area is 176 Å². The summed E-state index contributed by atoms with van der Waals surface area (Å²) in [5.74, 6) is 2.05. The van der Waals surface area contributed by atoms with Crippen molar-refractivity contribution in [2.45, 2.75) is 38.6 Å². The van der Waals surface area contributed by atoms with E-state index in [1.807, 2.05) is 12.3 Å². The quantitative estimate of drug-likeness (QED) is 0.452. The third-order valence-electron chi connectivity index (χ3n) is 5.66. The molecule has 0 amide bonds. The first-order chi connectivity index (χ1) is 14.9. The van der Waals surface area contributed by atoms with Crippen LogP contribution < -0.4 is 0 Å². The van der Waals surface area contributed by atoms with E-state index in [2.05, 4.69) is 85.5 Å². The molecule has 0 fully saturated rings. The molecule has 150 valence electrons. The molecule has 1 aliphatic heterocycles. The van der Waals surface area contributed by atoms with Crippen LogP contribution >= 0.6 is 0 Å². The third kappa shape index (κ3) is 3.96. The van der Waals surface area contributed by atoms with E-state index in [4.69, 9.17) is 0 Å². The zero-order valence-corrected chi connectivity index (χ0v) is 17.0. The van der Waals surface area contributed by atoms with Crippen LogP contribution in [0.25, 0.3) is 10.9 Å². The lowest BCUT2D eigenvalue weighted by atomic mass is 10.1. The Bertz CT molecular complexity index is 1200. The molecule has 0 atom stereocenters. The highest BCUT2D eigenvalue weighted by atomic mass is 15.3. The molecule has 0 saturated heterocycles. The van der Waals surface area contributed by atoms with E-state index in [-0.39, 0.29) is 0 Å². The molecule has 0 aliphatic carbocycles. The van der Waals surface area contributed by atoms with Gasteiger partial charge in [-0.25, -0.2) is 0 Å². The number of rotatable bonds is 8. The maximum absolute atomic E-state index is 4.60. The van der Waals surface area contributed by atoms with Gasteiger partial charge in [0.2, 0.25) is 0 Å². The fourth-order valence-corrected chi connectivity index (χ4v) is 4.12. The summed E-state index contributed by atoms with van der Waals surface area (Å²) < 4.78 is 2.31. The summed E-state index contributed by atoms with van der Waals surface area (Å²) in [6, 6.07) is 18.9. The second kappa shape index (κ2) is 8.49. The first-order valence-electron chi connectivity index (χ1n) is 10.6. The van der Waals surface area contributed by atoms with Crippen molar-refractivity contribution in [2.75, 3.05) is 0 Å². The van der Waals surface area contributed by atoms with Gasteiger partial charge in [-0.2, -0.15) is 0 Å². The van der Waals surface area contributed by atoms with Gasteiger partial charge >= 0.3 is 0 Å². The smallest absolute Gasteiger partial charge is 0.137 e. The van der Waals surface area contributed by atoms with Gasteiger partial charge in [0.15, 0.2) is 0 Å². The zero-order chi connectivity index (χ0) is 20.2. The van der Waals surface area contributed by atoms with Crippen molar-refractivity contribution in [2.24, 2.45) is 4.99 Å². The molecule has 1 aliphatic rings. The Kier molecular flexibility index (Phi) is 5.25. The Morgan fingerprint density at radius 3 is 2.53 bits per heavy atom. The van der Waals surface area contributed by atoms with Gasteiger partial charge in [0.05, 0.1) is 0 Å². The van der Waals surface area contributed by atoms with Gasteiger partial charge < -0.3 is 9.55 Å². The van der Waals surface area contributed by atoms with Crippen molar-refractivity contribution < 1.29 is 0 Å². The summed E-state index contributed by atoms with van der Waals surface area (Å²) in [4.78, 5) is 7.83. The summed E-state index contributed by atoms with van der Waals surface area (Å²) in [5.41, 5.74) is 4.88. The third-order valence-corrected chi connectivity index (χ3v) is 5.66. The van der Waals surface area contributed by atoms with Crippen molar-refractivity contribution >= 4 is 17.1 Å². The van der Waals surface area contributed by atoms with Crippen molar-refractivity contribution in [1.82, 2.24) is 19.7 Å². The molecule has 5 rings (SSSR count). The lowest BCUT2D eigenvalue weighted by Crippen LogP contribution is -2.09. The number of aliphatic imine (C=N–C) groups is 1. The summed E-state index contributed by atoms with van der Waals surface area (Å²) in [6.07, 6.45) is 10.8. The highest BCUT2D eigenvalue weighted by molar-refractivity contribution is 5.83. The lowest BCUT2D eigenvalue weighted by molar-refractivity contribution is 0.594. The predicted molar refractivity (Wildman–Crippen MR) is 121 cm³/mol. The number of benzene rings is 2. The van der Waals surface area contributed by atoms with Gasteiger partial charge in [0, 0.05) is 54.8 Å². The molecular formula is C25H25N5. The van der Waals surface area contributed by atoms with Crippen molar-refractivity contribution in [3.8, 4) is 0 Å². The number of aromatic nitrogens is 4. The van der Waals surface area contributed by atoms with Crippen LogP contribution in [0.15, 0.2) is 77.6 Å². The van der Waals surface area contributed by atoms with Crippen LogP contribution in [0.1, 0.15) is 42.0 Å². The molecule has 0 radical (unpaired) electrons. The normalized spacial score (nSPS) is 13.3. The molecule has 0 saturated carbocycles. The first kappa shape index (κ1) is 18.6. The largest absolute Gasteiger partial charge is 0.361 e. The Morgan fingerprint density at radius 1 is 0.900 bits per heavy atom. The molecule has 0 spiro atoms. The van der Waals surface area contributed by atoms with Crippen LogP contribution in [0.4, 0.5) is 0 Å². The molecule has 0 unspecified atom stereocenters. The van der Waals surface area contributed by atoms with E-state index in [9.17, 15) is 0 Å². The average Bonchev–Trinajstić information content (AvgIpc) is 3.52. The van der Waals surface area contributed by atoms with Crippen LogP contribution in [0.5, 0.6) is 0 Å². The standard InChI is InChI=1S/C25H25N5/c1-2-8-19(9-3-1)16-24-28-29-25(30(24)15-7-11-21-10-6-14-26-21)17-20-18-27-23-13-5-4-12-22(20)23/h1-5,8-10,12-14,18,27H,6-7,11,15-17H2. The van der Waals surface area contributed by atoms with Crippen LogP contribution in [0, 0.1) is 0 Å². The minimum atomic E-state index is 0.770. The summed E-state index contributed by atoms with van der Waals surface area (Å²) in [5, 5.41) is 10.4. The molecular weight excluding hydrogens is 370 g/mol. The fourth-order valence-electron chi connectivity index (χ4n) is 4.12. The van der Waals surface area contributed by atoms with E-state index < -0.39 is 0 Å². The van der Waals surface area contributed by atoms with E-state index in [1.54, 1.807) is 0 Å². The maximum atomic E-state index is 4.60. The molecule has 5 heteroatoms. The van der Waals surface area contributed by atoms with Gasteiger partial charge in [-0.3, -0.25) is 4.99 Å². The molecule has 4 aromatic rings. The van der Waals surface area contributed by atoms with Gasteiger partial charge in [-0.1, -0.05) is 54.6 Å². The minimum Gasteiger partial charge on any atom is -0.361 e. The van der Waals surface area contributed by atoms with E-state index in [0.29, 0.717) is 0 Å². The second-order valence-corrected chi connectivity index (χ2v) is 7.73. The number of fused-ring (bicyclic) bond motifs is 1. The molecule has 2 aromatic heterocycles. The van der Waals surface area contributed by atoms with Crippen LogP contribution in [0.3, 0.4) is 0 Å². The summed E-state index contributed by atoms with van der Waals surface area (Å²) in [6.45, 7) is 0.902.